The molecule has 0 atom stereocenters. The van der Waals surface area contributed by atoms with E-state index in [2.05, 4.69) is 10.6 Å². The first-order valence-electron chi connectivity index (χ1n) is 9.58. The Labute approximate surface area is 179 Å². The van der Waals surface area contributed by atoms with E-state index in [9.17, 15) is 14.4 Å². The fourth-order valence-electron chi connectivity index (χ4n) is 2.74. The van der Waals surface area contributed by atoms with Crippen molar-refractivity contribution in [3.05, 3.63) is 46.2 Å². The van der Waals surface area contributed by atoms with Gasteiger partial charge in [-0.25, -0.2) is 9.59 Å². The number of nitrogens with one attached hydrogen (secondary N) is 2. The van der Waals surface area contributed by atoms with Gasteiger partial charge in [0, 0.05) is 30.9 Å². The van der Waals surface area contributed by atoms with Gasteiger partial charge in [-0.1, -0.05) is 12.1 Å². The molecular weight excluding hydrogens is 406 g/mol. The Morgan fingerprint density at radius 2 is 1.80 bits per heavy atom. The summed E-state index contributed by atoms with van der Waals surface area (Å²) >= 11 is 1.14. The minimum atomic E-state index is -0.961. The first kappa shape index (κ1) is 23.0. The first-order valence-corrected chi connectivity index (χ1v) is 10.4. The number of para-hydroxylation sites is 2. The molecule has 1 aromatic carbocycles. The molecule has 0 unspecified atom stereocenters. The van der Waals surface area contributed by atoms with Crippen LogP contribution in [-0.4, -0.2) is 47.5 Å². The molecule has 0 saturated carbocycles. The molecule has 0 radical (unpaired) electrons. The second-order valence-electron chi connectivity index (χ2n) is 6.65. The van der Waals surface area contributed by atoms with Crippen LogP contribution in [0.2, 0.25) is 0 Å². The summed E-state index contributed by atoms with van der Waals surface area (Å²) in [5.41, 5.74) is 12.1. The second kappa shape index (κ2) is 11.7. The van der Waals surface area contributed by atoms with Gasteiger partial charge in [0.2, 0.25) is 5.91 Å². The van der Waals surface area contributed by atoms with Crippen LogP contribution in [0.15, 0.2) is 36.4 Å². The van der Waals surface area contributed by atoms with E-state index in [0.29, 0.717) is 37.4 Å². The van der Waals surface area contributed by atoms with Crippen molar-refractivity contribution < 1.29 is 19.5 Å². The summed E-state index contributed by atoms with van der Waals surface area (Å²) in [5.74, 6) is -0.770. The zero-order chi connectivity index (χ0) is 21.9. The Morgan fingerprint density at radius 3 is 2.33 bits per heavy atom. The fourth-order valence-corrected chi connectivity index (χ4v) is 3.53. The van der Waals surface area contributed by atoms with Crippen molar-refractivity contribution in [3.63, 3.8) is 0 Å². The normalized spacial score (nSPS) is 12.8. The summed E-state index contributed by atoms with van der Waals surface area (Å²) in [6.07, 6.45) is 2.28. The molecule has 1 aromatic heterocycles. The van der Waals surface area contributed by atoms with Gasteiger partial charge in [0.05, 0.1) is 17.9 Å². The van der Waals surface area contributed by atoms with Crippen LogP contribution < -0.4 is 22.1 Å². The predicted octanol–water partition coefficient (Wildman–Crippen LogP) is 2.11. The number of nitrogens with zero attached hydrogens (tertiary/aromatic N) is 1. The largest absolute Gasteiger partial charge is 0.477 e. The molecule has 7 N–H and O–H groups in total. The van der Waals surface area contributed by atoms with E-state index in [-0.39, 0.29) is 16.8 Å². The SMILES string of the molecule is Nc1ccccc1N.O=C(NCCCN1CCCC1=O)NCc1ccc(C(=O)O)s1. The third-order valence-corrected chi connectivity index (χ3v) is 5.43. The number of thiophene rings is 1. The highest BCUT2D eigenvalue weighted by molar-refractivity contribution is 7.13. The van der Waals surface area contributed by atoms with Crippen molar-refractivity contribution in [3.8, 4) is 0 Å². The van der Waals surface area contributed by atoms with Crippen LogP contribution in [-0.2, 0) is 11.3 Å². The number of urea groups is 1. The van der Waals surface area contributed by atoms with E-state index in [1.165, 1.54) is 6.07 Å². The van der Waals surface area contributed by atoms with Gasteiger partial charge in [0.25, 0.3) is 0 Å². The van der Waals surface area contributed by atoms with E-state index < -0.39 is 5.97 Å². The summed E-state index contributed by atoms with van der Waals surface area (Å²) in [6, 6.07) is 10.2. The smallest absolute Gasteiger partial charge is 0.345 e. The number of rotatable bonds is 7. The van der Waals surface area contributed by atoms with Crippen LogP contribution in [0, 0.1) is 0 Å². The van der Waals surface area contributed by atoms with Crippen molar-refractivity contribution >= 4 is 40.6 Å². The highest BCUT2D eigenvalue weighted by atomic mass is 32.1. The standard InChI is InChI=1S/C14H19N3O4S.C6H8N2/c18-12-3-1-7-17(12)8-2-6-15-14(21)16-9-10-4-5-11(22-10)13(19)20;7-5-3-1-2-4-6(5)8/h4-5H,1-3,6-9H2,(H,19,20)(H2,15,16,21);1-4H,7-8H2. The van der Waals surface area contributed by atoms with Gasteiger partial charge in [-0.3, -0.25) is 4.79 Å². The van der Waals surface area contributed by atoms with E-state index in [1.54, 1.807) is 18.2 Å². The molecule has 10 heteroatoms. The molecule has 1 fully saturated rings. The van der Waals surface area contributed by atoms with Gasteiger partial charge < -0.3 is 32.1 Å². The van der Waals surface area contributed by atoms with Gasteiger partial charge >= 0.3 is 12.0 Å². The van der Waals surface area contributed by atoms with Crippen LogP contribution >= 0.6 is 11.3 Å². The maximum absolute atomic E-state index is 11.6. The summed E-state index contributed by atoms with van der Waals surface area (Å²) in [5, 5.41) is 14.2. The number of amides is 3. The Hall–Kier alpha value is -3.27. The number of nitrogen functional groups attached to an aromatic ring is 2. The van der Waals surface area contributed by atoms with Gasteiger partial charge in [-0.05, 0) is 37.1 Å². The monoisotopic (exact) mass is 433 g/mol. The molecule has 3 rings (SSSR count). The predicted molar refractivity (Wildman–Crippen MR) is 117 cm³/mol. The number of carboxylic acid groups (broad SMARTS) is 1. The van der Waals surface area contributed by atoms with Crippen molar-refractivity contribution in [2.75, 3.05) is 31.1 Å². The minimum absolute atomic E-state index is 0.191. The van der Waals surface area contributed by atoms with Gasteiger partial charge in [-0.2, -0.15) is 0 Å². The fraction of sp³-hybridized carbons (Fsp3) is 0.350. The lowest BCUT2D eigenvalue weighted by atomic mass is 10.3. The number of benzene rings is 1. The molecular formula is C20H27N5O4S. The van der Waals surface area contributed by atoms with Crippen LogP contribution in [0.4, 0.5) is 16.2 Å². The number of hydrogen-bond donors (Lipinski definition) is 5. The molecule has 0 bridgehead atoms. The molecule has 1 saturated heterocycles. The molecule has 9 nitrogen and oxygen atoms in total. The van der Waals surface area contributed by atoms with Gasteiger partial charge in [0.15, 0.2) is 0 Å². The Balaban J connectivity index is 0.000000335. The van der Waals surface area contributed by atoms with Crippen molar-refractivity contribution in [2.24, 2.45) is 0 Å². The van der Waals surface area contributed by atoms with Crippen molar-refractivity contribution in [2.45, 2.75) is 25.8 Å². The topological polar surface area (TPSA) is 151 Å². The third-order valence-electron chi connectivity index (χ3n) is 4.35. The summed E-state index contributed by atoms with van der Waals surface area (Å²) in [7, 11) is 0. The van der Waals surface area contributed by atoms with Crippen LogP contribution in [0.3, 0.4) is 0 Å². The summed E-state index contributed by atoms with van der Waals surface area (Å²) in [6.45, 7) is 2.29. The zero-order valence-corrected chi connectivity index (χ0v) is 17.4. The Kier molecular flexibility index (Phi) is 8.95. The molecule has 162 valence electrons. The lowest BCUT2D eigenvalue weighted by Gasteiger charge is -2.15. The number of carboxylic acids is 1. The number of hydrogen-bond acceptors (Lipinski definition) is 6. The van der Waals surface area contributed by atoms with E-state index >= 15 is 0 Å². The molecule has 0 aliphatic carbocycles. The maximum Gasteiger partial charge on any atom is 0.345 e. The average Bonchev–Trinajstić information content (AvgIpc) is 3.36. The minimum Gasteiger partial charge on any atom is -0.477 e. The Morgan fingerprint density at radius 1 is 1.10 bits per heavy atom. The zero-order valence-electron chi connectivity index (χ0n) is 16.6. The highest BCUT2D eigenvalue weighted by Gasteiger charge is 2.19. The van der Waals surface area contributed by atoms with E-state index in [1.807, 2.05) is 17.0 Å². The number of carbonyl (C=O) groups excluding carboxylic acids is 2. The van der Waals surface area contributed by atoms with E-state index in [0.717, 1.165) is 35.6 Å². The number of anilines is 2. The maximum atomic E-state index is 11.6. The second-order valence-corrected chi connectivity index (χ2v) is 7.82. The molecule has 2 aromatic rings. The molecule has 2 heterocycles. The van der Waals surface area contributed by atoms with Crippen molar-refractivity contribution in [1.82, 2.24) is 15.5 Å². The van der Waals surface area contributed by atoms with Gasteiger partial charge in [0.1, 0.15) is 4.88 Å². The number of aromatic carboxylic acids is 1. The van der Waals surface area contributed by atoms with Crippen LogP contribution in [0.25, 0.3) is 0 Å². The highest BCUT2D eigenvalue weighted by Crippen LogP contribution is 2.16. The average molecular weight is 434 g/mol. The molecule has 3 amide bonds. The first-order chi connectivity index (χ1) is 14.4. The lowest BCUT2D eigenvalue weighted by Crippen LogP contribution is -2.37. The number of nitrogens with two attached hydrogens (primary N) is 2. The molecule has 1 aliphatic heterocycles. The number of likely N-dealkylation sites (tertiary alicyclic amines) is 1. The van der Waals surface area contributed by atoms with E-state index in [4.69, 9.17) is 16.6 Å². The number of carbonyl (C=O) groups is 3. The van der Waals surface area contributed by atoms with Crippen LogP contribution in [0.1, 0.15) is 33.8 Å². The molecule has 30 heavy (non-hydrogen) atoms. The summed E-state index contributed by atoms with van der Waals surface area (Å²) < 4.78 is 0. The Bertz CT molecular complexity index is 849. The lowest BCUT2D eigenvalue weighted by molar-refractivity contribution is -0.127. The van der Waals surface area contributed by atoms with Crippen LogP contribution in [0.5, 0.6) is 0 Å². The summed E-state index contributed by atoms with van der Waals surface area (Å²) in [4.78, 5) is 36.6. The molecule has 1 aliphatic rings. The third kappa shape index (κ3) is 7.63. The molecule has 0 spiro atoms. The quantitative estimate of drug-likeness (QED) is 0.333. The van der Waals surface area contributed by atoms with Crippen molar-refractivity contribution in [1.29, 1.82) is 0 Å². The van der Waals surface area contributed by atoms with Gasteiger partial charge in [-0.15, -0.1) is 11.3 Å².